The van der Waals surface area contributed by atoms with E-state index in [0.717, 1.165) is 19.0 Å². The summed E-state index contributed by atoms with van der Waals surface area (Å²) in [5.74, 6) is -0.216. The summed E-state index contributed by atoms with van der Waals surface area (Å²) in [7, 11) is 0. The molecule has 0 radical (unpaired) electrons. The molecule has 106 valence electrons. The molecule has 1 N–H and O–H groups in total. The minimum atomic E-state index is -0.952. The maximum absolute atomic E-state index is 11.0. The zero-order valence-electron chi connectivity index (χ0n) is 11.5. The van der Waals surface area contributed by atoms with Crippen molar-refractivity contribution in [3.05, 3.63) is 23.8 Å². The summed E-state index contributed by atoms with van der Waals surface area (Å²) in [5.41, 5.74) is 1.46. The molecule has 3 rings (SSSR count). The number of carbonyl (C=O) groups is 1. The van der Waals surface area contributed by atoms with Gasteiger partial charge in [0, 0.05) is 13.1 Å². The number of carboxylic acids is 1. The first-order chi connectivity index (χ1) is 9.67. The number of nitrogens with zero attached hydrogens (tertiary/aromatic N) is 2. The summed E-state index contributed by atoms with van der Waals surface area (Å²) in [5, 5.41) is 8.99. The first kappa shape index (κ1) is 13.0. The number of aromatic nitrogens is 1. The molecule has 1 fully saturated rings. The Hall–Kier alpha value is -2.04. The number of hydrogen-bond donors (Lipinski definition) is 1. The first-order valence-corrected chi connectivity index (χ1v) is 7.06. The van der Waals surface area contributed by atoms with E-state index in [4.69, 9.17) is 9.52 Å². The number of anilines is 1. The highest BCUT2D eigenvalue weighted by Gasteiger charge is 2.22. The average Bonchev–Trinajstić information content (AvgIpc) is 2.80. The van der Waals surface area contributed by atoms with Crippen molar-refractivity contribution in [2.75, 3.05) is 18.0 Å². The molecule has 1 saturated carbocycles. The topological polar surface area (TPSA) is 66.6 Å². The van der Waals surface area contributed by atoms with E-state index in [9.17, 15) is 4.79 Å². The molecule has 5 nitrogen and oxygen atoms in total. The van der Waals surface area contributed by atoms with E-state index in [1.807, 2.05) is 0 Å². The van der Waals surface area contributed by atoms with Crippen molar-refractivity contribution in [3.63, 3.8) is 0 Å². The van der Waals surface area contributed by atoms with Crippen molar-refractivity contribution in [1.82, 2.24) is 4.98 Å². The monoisotopic (exact) mass is 274 g/mol. The molecule has 0 aliphatic heterocycles. The fourth-order valence-corrected chi connectivity index (χ4v) is 2.51. The van der Waals surface area contributed by atoms with Crippen LogP contribution in [-0.4, -0.2) is 29.1 Å². The van der Waals surface area contributed by atoms with Gasteiger partial charge in [-0.25, -0.2) is 4.79 Å². The van der Waals surface area contributed by atoms with E-state index in [2.05, 4.69) is 16.8 Å². The Morgan fingerprint density at radius 2 is 2.30 bits per heavy atom. The maximum atomic E-state index is 11.0. The molecule has 2 aromatic rings. The van der Waals surface area contributed by atoms with E-state index in [1.165, 1.54) is 25.3 Å². The minimum Gasteiger partial charge on any atom is -0.478 e. The van der Waals surface area contributed by atoms with Crippen LogP contribution in [0.3, 0.4) is 0 Å². The second kappa shape index (κ2) is 5.15. The van der Waals surface area contributed by atoms with Crippen molar-refractivity contribution in [2.24, 2.45) is 5.92 Å². The zero-order valence-corrected chi connectivity index (χ0v) is 11.5. The molecule has 1 heterocycles. The Morgan fingerprint density at radius 1 is 1.50 bits per heavy atom. The van der Waals surface area contributed by atoms with Crippen LogP contribution >= 0.6 is 0 Å². The molecule has 0 bridgehead atoms. The van der Waals surface area contributed by atoms with Gasteiger partial charge in [0.2, 0.25) is 0 Å². The number of benzene rings is 1. The lowest BCUT2D eigenvalue weighted by Gasteiger charge is -2.30. The van der Waals surface area contributed by atoms with Crippen LogP contribution in [0.5, 0.6) is 0 Å². The lowest BCUT2D eigenvalue weighted by atomic mass is 9.85. The van der Waals surface area contributed by atoms with Crippen molar-refractivity contribution >= 4 is 23.1 Å². The minimum absolute atomic E-state index is 0.224. The number of fused-ring (bicyclic) bond motifs is 1. The summed E-state index contributed by atoms with van der Waals surface area (Å²) in [6.07, 6.45) is 3.87. The van der Waals surface area contributed by atoms with Crippen molar-refractivity contribution in [1.29, 1.82) is 0 Å². The molecule has 1 aliphatic rings. The predicted molar refractivity (Wildman–Crippen MR) is 76.2 cm³/mol. The van der Waals surface area contributed by atoms with Gasteiger partial charge >= 0.3 is 5.97 Å². The van der Waals surface area contributed by atoms with Crippen LogP contribution in [0.25, 0.3) is 11.1 Å². The molecular weight excluding hydrogens is 256 g/mol. The van der Waals surface area contributed by atoms with Crippen LogP contribution < -0.4 is 4.90 Å². The molecular formula is C15H18N2O3. The second-order valence-corrected chi connectivity index (χ2v) is 5.32. The fourth-order valence-electron chi connectivity index (χ4n) is 2.51. The van der Waals surface area contributed by atoms with Gasteiger partial charge in [-0.2, -0.15) is 4.98 Å². The van der Waals surface area contributed by atoms with E-state index >= 15 is 0 Å². The summed E-state index contributed by atoms with van der Waals surface area (Å²) >= 11 is 0. The number of rotatable bonds is 5. The maximum Gasteiger partial charge on any atom is 0.335 e. The third-order valence-corrected chi connectivity index (χ3v) is 3.98. The number of aromatic carboxylic acids is 1. The first-order valence-electron chi connectivity index (χ1n) is 7.06. The van der Waals surface area contributed by atoms with E-state index in [-0.39, 0.29) is 5.56 Å². The normalized spacial score (nSPS) is 15.2. The largest absolute Gasteiger partial charge is 0.478 e. The number of hydrogen-bond acceptors (Lipinski definition) is 4. The fraction of sp³-hybridized carbons (Fsp3) is 0.467. The molecule has 0 atom stereocenters. The lowest BCUT2D eigenvalue weighted by molar-refractivity contribution is 0.0697. The Kier molecular flexibility index (Phi) is 3.34. The summed E-state index contributed by atoms with van der Waals surface area (Å²) < 4.78 is 5.73. The quantitative estimate of drug-likeness (QED) is 0.907. The van der Waals surface area contributed by atoms with Crippen LogP contribution in [0.1, 0.15) is 36.5 Å². The van der Waals surface area contributed by atoms with Gasteiger partial charge in [0.05, 0.1) is 5.56 Å². The highest BCUT2D eigenvalue weighted by Crippen LogP contribution is 2.30. The smallest absolute Gasteiger partial charge is 0.335 e. The Labute approximate surface area is 117 Å². The molecule has 0 spiro atoms. The van der Waals surface area contributed by atoms with Gasteiger partial charge in [-0.15, -0.1) is 0 Å². The van der Waals surface area contributed by atoms with E-state index in [1.54, 1.807) is 12.1 Å². The third-order valence-electron chi connectivity index (χ3n) is 3.98. The van der Waals surface area contributed by atoms with Crippen LogP contribution in [0.4, 0.5) is 6.01 Å². The van der Waals surface area contributed by atoms with Gasteiger partial charge in [0.25, 0.3) is 6.01 Å². The van der Waals surface area contributed by atoms with Gasteiger partial charge in [-0.3, -0.25) is 0 Å². The molecule has 20 heavy (non-hydrogen) atoms. The summed E-state index contributed by atoms with van der Waals surface area (Å²) in [4.78, 5) is 17.6. The van der Waals surface area contributed by atoms with E-state index < -0.39 is 5.97 Å². The SMILES string of the molecule is CCN(CC1CCC1)c1nc2ccc(C(=O)O)cc2o1. The van der Waals surface area contributed by atoms with Gasteiger partial charge < -0.3 is 14.4 Å². The summed E-state index contributed by atoms with van der Waals surface area (Å²) in [6.45, 7) is 3.89. The van der Waals surface area contributed by atoms with Gasteiger partial charge in [-0.05, 0) is 43.9 Å². The Balaban J connectivity index is 1.88. The van der Waals surface area contributed by atoms with Crippen molar-refractivity contribution < 1.29 is 14.3 Å². The molecule has 0 amide bonds. The molecule has 5 heteroatoms. The Bertz CT molecular complexity index is 631. The highest BCUT2D eigenvalue weighted by molar-refractivity contribution is 5.92. The van der Waals surface area contributed by atoms with Crippen LogP contribution in [0.15, 0.2) is 22.6 Å². The number of carboxylic acid groups (broad SMARTS) is 1. The zero-order chi connectivity index (χ0) is 14.1. The number of oxazole rings is 1. The molecule has 1 aliphatic carbocycles. The molecule has 1 aromatic heterocycles. The van der Waals surface area contributed by atoms with Crippen LogP contribution in [0, 0.1) is 5.92 Å². The van der Waals surface area contributed by atoms with Crippen LogP contribution in [-0.2, 0) is 0 Å². The molecule has 1 aromatic carbocycles. The molecule has 0 unspecified atom stereocenters. The average molecular weight is 274 g/mol. The van der Waals surface area contributed by atoms with Crippen molar-refractivity contribution in [3.8, 4) is 0 Å². The summed E-state index contributed by atoms with van der Waals surface area (Å²) in [6, 6.07) is 5.38. The van der Waals surface area contributed by atoms with Crippen LogP contribution in [0.2, 0.25) is 0 Å². The highest BCUT2D eigenvalue weighted by atomic mass is 16.4. The lowest BCUT2D eigenvalue weighted by Crippen LogP contribution is -2.32. The molecule has 0 saturated heterocycles. The van der Waals surface area contributed by atoms with Crippen molar-refractivity contribution in [2.45, 2.75) is 26.2 Å². The third kappa shape index (κ3) is 2.35. The van der Waals surface area contributed by atoms with Gasteiger partial charge in [0.1, 0.15) is 5.52 Å². The Morgan fingerprint density at radius 3 is 2.90 bits per heavy atom. The standard InChI is InChI=1S/C15H18N2O3/c1-2-17(9-10-4-3-5-10)15-16-12-7-6-11(14(18)19)8-13(12)20-15/h6-8,10H,2-5,9H2,1H3,(H,18,19). The van der Waals surface area contributed by atoms with Gasteiger partial charge in [-0.1, -0.05) is 6.42 Å². The predicted octanol–water partition coefficient (Wildman–Crippen LogP) is 3.15. The van der Waals surface area contributed by atoms with Gasteiger partial charge in [0.15, 0.2) is 5.58 Å². The van der Waals surface area contributed by atoms with E-state index in [0.29, 0.717) is 17.1 Å². The second-order valence-electron chi connectivity index (χ2n) is 5.32.